The van der Waals surface area contributed by atoms with Crippen molar-refractivity contribution >= 4 is 34.1 Å². The minimum Gasteiger partial charge on any atom is -0.306 e. The molecule has 0 saturated carbocycles. The van der Waals surface area contributed by atoms with Gasteiger partial charge in [-0.3, -0.25) is 4.79 Å². The molecule has 2 aromatic carbocycles. The van der Waals surface area contributed by atoms with Crippen molar-refractivity contribution in [1.29, 1.82) is 0 Å². The largest absolute Gasteiger partial charge is 0.333 e. The van der Waals surface area contributed by atoms with Crippen molar-refractivity contribution in [3.8, 4) is 5.69 Å². The summed E-state index contributed by atoms with van der Waals surface area (Å²) in [7, 11) is 0. The molecule has 0 saturated heterocycles. The van der Waals surface area contributed by atoms with Crippen molar-refractivity contribution in [2.45, 2.75) is 0 Å². The first-order valence-corrected chi connectivity index (χ1v) is 6.53. The van der Waals surface area contributed by atoms with Crippen molar-refractivity contribution in [2.75, 3.05) is 0 Å². The van der Waals surface area contributed by atoms with Crippen LogP contribution in [-0.2, 0) is 0 Å². The first kappa shape index (κ1) is 13.0. The van der Waals surface area contributed by atoms with Gasteiger partial charge in [0.05, 0.1) is 26.6 Å². The number of H-pyrrole nitrogens is 1. The number of benzene rings is 2. The summed E-state index contributed by atoms with van der Waals surface area (Å²) in [5, 5.41) is 0.865. The molecule has 0 aliphatic heterocycles. The molecule has 0 aliphatic rings. The van der Waals surface area contributed by atoms with Crippen LogP contribution in [0.3, 0.4) is 0 Å². The second kappa shape index (κ2) is 4.81. The molecule has 20 heavy (non-hydrogen) atoms. The maximum absolute atomic E-state index is 12.5. The third-order valence-corrected chi connectivity index (χ3v) is 3.58. The van der Waals surface area contributed by atoms with Gasteiger partial charge < -0.3 is 4.98 Å². The molecule has 0 unspecified atom stereocenters. The second-order valence-corrected chi connectivity index (χ2v) is 5.00. The number of hydrogen-bond donors (Lipinski definition) is 1. The lowest BCUT2D eigenvalue weighted by Crippen LogP contribution is -2.34. The second-order valence-electron chi connectivity index (χ2n) is 4.19. The van der Waals surface area contributed by atoms with Gasteiger partial charge in [-0.15, -0.1) is 0 Å². The Balaban J connectivity index is 2.50. The van der Waals surface area contributed by atoms with Crippen molar-refractivity contribution in [3.05, 3.63) is 73.3 Å². The lowest BCUT2D eigenvalue weighted by atomic mass is 10.2. The van der Waals surface area contributed by atoms with Crippen LogP contribution in [0.15, 0.2) is 52.1 Å². The molecule has 0 spiro atoms. The smallest absolute Gasteiger partial charge is 0.306 e. The predicted octanol–water partition coefficient (Wildman–Crippen LogP) is 2.99. The van der Waals surface area contributed by atoms with Gasteiger partial charge in [-0.25, -0.2) is 9.36 Å². The van der Waals surface area contributed by atoms with Crippen LogP contribution in [0.1, 0.15) is 0 Å². The third kappa shape index (κ3) is 1.94. The molecule has 3 rings (SSSR count). The maximum Gasteiger partial charge on any atom is 0.333 e. The molecule has 4 nitrogen and oxygen atoms in total. The van der Waals surface area contributed by atoms with Gasteiger partial charge in [-0.05, 0) is 24.3 Å². The number of aromatic nitrogens is 2. The molecule has 0 bridgehead atoms. The number of aromatic amines is 1. The minimum absolute atomic E-state index is 0.188. The van der Waals surface area contributed by atoms with Crippen LogP contribution in [0.5, 0.6) is 0 Å². The van der Waals surface area contributed by atoms with Crippen LogP contribution in [0.4, 0.5) is 0 Å². The van der Waals surface area contributed by atoms with E-state index in [0.717, 1.165) is 4.57 Å². The summed E-state index contributed by atoms with van der Waals surface area (Å²) in [6.45, 7) is 0. The Labute approximate surface area is 123 Å². The SMILES string of the molecule is O=c1[nH]c2ccccc2c(=O)n1-c1c(Cl)cccc1Cl. The monoisotopic (exact) mass is 306 g/mol. The van der Waals surface area contributed by atoms with E-state index in [0.29, 0.717) is 10.9 Å². The molecule has 1 heterocycles. The van der Waals surface area contributed by atoms with E-state index in [2.05, 4.69) is 4.98 Å². The maximum atomic E-state index is 12.5. The molecule has 100 valence electrons. The van der Waals surface area contributed by atoms with Gasteiger partial charge in [0.2, 0.25) is 0 Å². The minimum atomic E-state index is -0.580. The van der Waals surface area contributed by atoms with E-state index in [1.165, 1.54) is 0 Å². The molecular weight excluding hydrogens is 299 g/mol. The van der Waals surface area contributed by atoms with Crippen LogP contribution in [-0.4, -0.2) is 9.55 Å². The number of hydrogen-bond acceptors (Lipinski definition) is 2. The van der Waals surface area contributed by atoms with E-state index in [9.17, 15) is 9.59 Å². The molecule has 0 amide bonds. The number of halogens is 2. The first-order chi connectivity index (χ1) is 9.59. The summed E-state index contributed by atoms with van der Waals surface area (Å²) in [5.41, 5.74) is -0.377. The molecule has 0 aliphatic carbocycles. The van der Waals surface area contributed by atoms with Crippen LogP contribution < -0.4 is 11.2 Å². The zero-order valence-electron chi connectivity index (χ0n) is 10.1. The summed E-state index contributed by atoms with van der Waals surface area (Å²) < 4.78 is 0.951. The average Bonchev–Trinajstić information content (AvgIpc) is 2.42. The van der Waals surface area contributed by atoms with Gasteiger partial charge in [0.15, 0.2) is 0 Å². The summed E-state index contributed by atoms with van der Waals surface area (Å²) in [4.78, 5) is 27.3. The Bertz CT molecular complexity index is 908. The Morgan fingerprint density at radius 1 is 0.900 bits per heavy atom. The van der Waals surface area contributed by atoms with Gasteiger partial charge in [-0.2, -0.15) is 0 Å². The quantitative estimate of drug-likeness (QED) is 0.751. The predicted molar refractivity (Wildman–Crippen MR) is 80.2 cm³/mol. The number of nitrogens with one attached hydrogen (secondary N) is 1. The van der Waals surface area contributed by atoms with Gasteiger partial charge in [0.25, 0.3) is 5.56 Å². The van der Waals surface area contributed by atoms with Gasteiger partial charge in [0.1, 0.15) is 0 Å². The summed E-state index contributed by atoms with van der Waals surface area (Å²) in [5.74, 6) is 0. The Kier molecular flexibility index (Phi) is 3.12. The normalized spacial score (nSPS) is 10.9. The Morgan fingerprint density at radius 2 is 1.55 bits per heavy atom. The van der Waals surface area contributed by atoms with Crippen molar-refractivity contribution in [3.63, 3.8) is 0 Å². The zero-order chi connectivity index (χ0) is 14.3. The lowest BCUT2D eigenvalue weighted by Gasteiger charge is -2.09. The third-order valence-electron chi connectivity index (χ3n) is 2.97. The topological polar surface area (TPSA) is 54.9 Å². The highest BCUT2D eigenvalue weighted by Gasteiger charge is 2.14. The van der Waals surface area contributed by atoms with Crippen molar-refractivity contribution < 1.29 is 0 Å². The zero-order valence-corrected chi connectivity index (χ0v) is 11.6. The van der Waals surface area contributed by atoms with Crippen LogP contribution in [0.25, 0.3) is 16.6 Å². The summed E-state index contributed by atoms with van der Waals surface area (Å²) in [6, 6.07) is 11.6. The molecule has 1 aromatic heterocycles. The summed E-state index contributed by atoms with van der Waals surface area (Å²) in [6.07, 6.45) is 0. The molecule has 3 aromatic rings. The molecule has 6 heteroatoms. The van der Waals surface area contributed by atoms with Crippen LogP contribution in [0, 0.1) is 0 Å². The van der Waals surface area contributed by atoms with E-state index in [1.54, 1.807) is 42.5 Å². The van der Waals surface area contributed by atoms with E-state index >= 15 is 0 Å². The molecule has 0 radical (unpaired) electrons. The van der Waals surface area contributed by atoms with Crippen LogP contribution >= 0.6 is 23.2 Å². The number of rotatable bonds is 1. The van der Waals surface area contributed by atoms with E-state index in [-0.39, 0.29) is 15.7 Å². The number of para-hydroxylation sites is 2. The van der Waals surface area contributed by atoms with Crippen molar-refractivity contribution in [2.24, 2.45) is 0 Å². The van der Waals surface area contributed by atoms with Crippen molar-refractivity contribution in [1.82, 2.24) is 9.55 Å². The van der Waals surface area contributed by atoms with E-state index in [4.69, 9.17) is 23.2 Å². The fraction of sp³-hybridized carbons (Fsp3) is 0. The van der Waals surface area contributed by atoms with Gasteiger partial charge in [0, 0.05) is 0 Å². The number of nitrogens with zero attached hydrogens (tertiary/aromatic N) is 1. The van der Waals surface area contributed by atoms with Gasteiger partial charge >= 0.3 is 5.69 Å². The van der Waals surface area contributed by atoms with Crippen LogP contribution in [0.2, 0.25) is 10.0 Å². The Morgan fingerprint density at radius 3 is 2.25 bits per heavy atom. The molecule has 1 N–H and O–H groups in total. The fourth-order valence-electron chi connectivity index (χ4n) is 2.07. The molecule has 0 fully saturated rings. The van der Waals surface area contributed by atoms with E-state index < -0.39 is 11.2 Å². The highest BCUT2D eigenvalue weighted by atomic mass is 35.5. The first-order valence-electron chi connectivity index (χ1n) is 5.78. The van der Waals surface area contributed by atoms with Gasteiger partial charge in [-0.1, -0.05) is 41.4 Å². The molecular formula is C14H8Cl2N2O2. The summed E-state index contributed by atoms with van der Waals surface area (Å²) >= 11 is 12.1. The number of fused-ring (bicyclic) bond motifs is 1. The average molecular weight is 307 g/mol. The molecule has 0 atom stereocenters. The standard InChI is InChI=1S/C14H8Cl2N2O2/c15-9-5-3-6-10(16)12(9)18-13(19)8-4-1-2-7-11(8)17-14(18)20/h1-7H,(H,17,20). The fourth-order valence-corrected chi connectivity index (χ4v) is 2.63. The highest BCUT2D eigenvalue weighted by molar-refractivity contribution is 6.37. The lowest BCUT2D eigenvalue weighted by molar-refractivity contribution is 0.902. The van der Waals surface area contributed by atoms with E-state index in [1.807, 2.05) is 0 Å². The highest BCUT2D eigenvalue weighted by Crippen LogP contribution is 2.26. The Hall–Kier alpha value is -2.04.